The molecule has 114 valence electrons. The van der Waals surface area contributed by atoms with E-state index in [9.17, 15) is 0 Å². The molecule has 1 aliphatic rings. The fraction of sp³-hybridized carbons (Fsp3) is 1.00. The van der Waals surface area contributed by atoms with Gasteiger partial charge in [-0.2, -0.15) is 0 Å². The maximum Gasteiger partial charge on any atom is 0.00649 e. The zero-order valence-electron chi connectivity index (χ0n) is 13.6. The molecule has 1 fully saturated rings. The van der Waals surface area contributed by atoms with E-state index in [1.807, 2.05) is 0 Å². The van der Waals surface area contributed by atoms with E-state index < -0.39 is 0 Å². The fourth-order valence-corrected chi connectivity index (χ4v) is 3.22. The number of nitrogens with zero attached hydrogens (tertiary/aromatic N) is 1. The highest BCUT2D eigenvalue weighted by Crippen LogP contribution is 2.20. The largest absolute Gasteiger partial charge is 0.314 e. The van der Waals surface area contributed by atoms with Crippen LogP contribution in [0.4, 0.5) is 0 Å². The number of nitrogens with one attached hydrogen (secondary N) is 1. The highest BCUT2D eigenvalue weighted by atomic mass is 15.1. The highest BCUT2D eigenvalue weighted by molar-refractivity contribution is 4.71. The number of rotatable bonds is 9. The molecule has 0 amide bonds. The van der Waals surface area contributed by atoms with Crippen LogP contribution in [0.2, 0.25) is 0 Å². The zero-order chi connectivity index (χ0) is 13.9. The van der Waals surface area contributed by atoms with Gasteiger partial charge >= 0.3 is 0 Å². The second-order valence-electron chi connectivity index (χ2n) is 6.25. The Balaban J connectivity index is 2.13. The first-order valence-corrected chi connectivity index (χ1v) is 8.75. The summed E-state index contributed by atoms with van der Waals surface area (Å²) in [5, 5.41) is 3.67. The average Bonchev–Trinajstić information content (AvgIpc) is 2.67. The molecule has 19 heavy (non-hydrogen) atoms. The first-order chi connectivity index (χ1) is 9.30. The second kappa shape index (κ2) is 10.7. The molecule has 1 aliphatic heterocycles. The third kappa shape index (κ3) is 7.31. The quantitative estimate of drug-likeness (QED) is 0.678. The molecule has 2 atom stereocenters. The second-order valence-corrected chi connectivity index (χ2v) is 6.25. The van der Waals surface area contributed by atoms with Gasteiger partial charge in [-0.15, -0.1) is 0 Å². The monoisotopic (exact) mass is 268 g/mol. The van der Waals surface area contributed by atoms with E-state index in [4.69, 9.17) is 0 Å². The molecular weight excluding hydrogens is 232 g/mol. The van der Waals surface area contributed by atoms with Crippen molar-refractivity contribution in [3.8, 4) is 0 Å². The van der Waals surface area contributed by atoms with Crippen LogP contribution in [0.1, 0.15) is 72.1 Å². The van der Waals surface area contributed by atoms with Crippen molar-refractivity contribution in [3.05, 3.63) is 0 Å². The molecule has 2 nitrogen and oxygen atoms in total. The highest BCUT2D eigenvalue weighted by Gasteiger charge is 2.15. The number of hydrogen-bond donors (Lipinski definition) is 1. The maximum atomic E-state index is 3.67. The fourth-order valence-electron chi connectivity index (χ4n) is 3.22. The molecule has 1 saturated heterocycles. The van der Waals surface area contributed by atoms with Crippen molar-refractivity contribution in [1.82, 2.24) is 10.2 Å². The Kier molecular flexibility index (Phi) is 9.54. The molecule has 0 aromatic heterocycles. The van der Waals surface area contributed by atoms with Gasteiger partial charge in [-0.1, -0.05) is 27.2 Å². The predicted molar refractivity (Wildman–Crippen MR) is 85.7 cm³/mol. The summed E-state index contributed by atoms with van der Waals surface area (Å²) in [6, 6.07) is 0.746. The Morgan fingerprint density at radius 3 is 2.68 bits per heavy atom. The van der Waals surface area contributed by atoms with Gasteiger partial charge in [0, 0.05) is 6.04 Å². The summed E-state index contributed by atoms with van der Waals surface area (Å²) in [5.74, 6) is 1.000. The third-order valence-corrected chi connectivity index (χ3v) is 4.72. The first-order valence-electron chi connectivity index (χ1n) is 8.75. The van der Waals surface area contributed by atoms with Crippen LogP contribution in [-0.2, 0) is 0 Å². The Hall–Kier alpha value is -0.0800. The van der Waals surface area contributed by atoms with E-state index in [1.165, 1.54) is 77.5 Å². The molecule has 2 heteroatoms. The molecule has 0 aromatic rings. The van der Waals surface area contributed by atoms with Gasteiger partial charge in [0.1, 0.15) is 0 Å². The van der Waals surface area contributed by atoms with Crippen molar-refractivity contribution in [2.45, 2.75) is 78.2 Å². The Morgan fingerprint density at radius 1 is 1.16 bits per heavy atom. The van der Waals surface area contributed by atoms with Crippen LogP contribution in [0.5, 0.6) is 0 Å². The van der Waals surface area contributed by atoms with Gasteiger partial charge in [-0.3, -0.25) is 0 Å². The molecule has 2 unspecified atom stereocenters. The lowest BCUT2D eigenvalue weighted by atomic mass is 9.98. The van der Waals surface area contributed by atoms with Gasteiger partial charge in [0.15, 0.2) is 0 Å². The van der Waals surface area contributed by atoms with Crippen molar-refractivity contribution in [3.63, 3.8) is 0 Å². The zero-order valence-corrected chi connectivity index (χ0v) is 13.6. The van der Waals surface area contributed by atoms with Gasteiger partial charge in [-0.05, 0) is 77.0 Å². The molecule has 1 N–H and O–H groups in total. The summed E-state index contributed by atoms with van der Waals surface area (Å²) < 4.78 is 0. The van der Waals surface area contributed by atoms with E-state index in [1.54, 1.807) is 0 Å². The Morgan fingerprint density at radius 2 is 2.00 bits per heavy atom. The van der Waals surface area contributed by atoms with E-state index >= 15 is 0 Å². The minimum atomic E-state index is 0.746. The van der Waals surface area contributed by atoms with Crippen molar-refractivity contribution >= 4 is 0 Å². The summed E-state index contributed by atoms with van der Waals surface area (Å²) in [5.41, 5.74) is 0. The van der Waals surface area contributed by atoms with Crippen molar-refractivity contribution in [2.75, 3.05) is 26.2 Å². The van der Waals surface area contributed by atoms with Gasteiger partial charge in [0.05, 0.1) is 0 Å². The lowest BCUT2D eigenvalue weighted by molar-refractivity contribution is 0.267. The summed E-state index contributed by atoms with van der Waals surface area (Å²) in [7, 11) is 0. The van der Waals surface area contributed by atoms with Crippen molar-refractivity contribution in [1.29, 1.82) is 0 Å². The van der Waals surface area contributed by atoms with E-state index in [0.717, 1.165) is 12.0 Å². The van der Waals surface area contributed by atoms with Crippen LogP contribution in [0, 0.1) is 5.92 Å². The van der Waals surface area contributed by atoms with Crippen molar-refractivity contribution < 1.29 is 0 Å². The lowest BCUT2D eigenvalue weighted by Crippen LogP contribution is -2.31. The standard InChI is InChI=1S/C17H36N2/c1-4-12-18-17(6-3)10-8-14-19-13-7-9-16(5-2)11-15-19/h16-18H,4-15H2,1-3H3. The molecule has 0 aromatic carbocycles. The van der Waals surface area contributed by atoms with Crippen LogP contribution >= 0.6 is 0 Å². The molecule has 0 radical (unpaired) electrons. The SMILES string of the molecule is CCCNC(CC)CCCN1CCCC(CC)CC1. The van der Waals surface area contributed by atoms with E-state index in [2.05, 4.69) is 31.0 Å². The van der Waals surface area contributed by atoms with E-state index in [-0.39, 0.29) is 0 Å². The van der Waals surface area contributed by atoms with Crippen LogP contribution in [0.15, 0.2) is 0 Å². The van der Waals surface area contributed by atoms with Gasteiger partial charge in [0.25, 0.3) is 0 Å². The molecule has 1 heterocycles. The minimum Gasteiger partial charge on any atom is -0.314 e. The van der Waals surface area contributed by atoms with Crippen LogP contribution in [0.25, 0.3) is 0 Å². The average molecular weight is 268 g/mol. The van der Waals surface area contributed by atoms with Crippen LogP contribution < -0.4 is 5.32 Å². The maximum absolute atomic E-state index is 3.67. The summed E-state index contributed by atoms with van der Waals surface area (Å²) in [6.45, 7) is 12.1. The molecule has 0 bridgehead atoms. The lowest BCUT2D eigenvalue weighted by Gasteiger charge is -2.22. The van der Waals surface area contributed by atoms with Crippen LogP contribution in [-0.4, -0.2) is 37.1 Å². The minimum absolute atomic E-state index is 0.746. The van der Waals surface area contributed by atoms with Gasteiger partial charge in [-0.25, -0.2) is 0 Å². The predicted octanol–water partition coefficient (Wildman–Crippen LogP) is 4.06. The van der Waals surface area contributed by atoms with Gasteiger partial charge in [0.2, 0.25) is 0 Å². The topological polar surface area (TPSA) is 15.3 Å². The Labute approximate surface area is 121 Å². The molecule has 0 aliphatic carbocycles. The molecule has 1 rings (SSSR count). The molecule has 0 spiro atoms. The van der Waals surface area contributed by atoms with Crippen LogP contribution in [0.3, 0.4) is 0 Å². The summed E-state index contributed by atoms with van der Waals surface area (Å²) in [4.78, 5) is 2.71. The smallest absolute Gasteiger partial charge is 0.00649 e. The normalized spacial score (nSPS) is 23.2. The van der Waals surface area contributed by atoms with E-state index in [0.29, 0.717) is 0 Å². The summed E-state index contributed by atoms with van der Waals surface area (Å²) in [6.07, 6.45) is 10.9. The summed E-state index contributed by atoms with van der Waals surface area (Å²) >= 11 is 0. The molecule has 0 saturated carbocycles. The number of hydrogen-bond acceptors (Lipinski definition) is 2. The van der Waals surface area contributed by atoms with Crippen molar-refractivity contribution in [2.24, 2.45) is 5.92 Å². The Bertz CT molecular complexity index is 205. The van der Waals surface area contributed by atoms with Gasteiger partial charge < -0.3 is 10.2 Å². The molecular formula is C17H36N2. The third-order valence-electron chi connectivity index (χ3n) is 4.72. The first kappa shape index (κ1) is 17.0. The number of likely N-dealkylation sites (tertiary alicyclic amines) is 1.